The van der Waals surface area contributed by atoms with E-state index in [0.717, 1.165) is 4.47 Å². The van der Waals surface area contributed by atoms with E-state index in [1.165, 1.54) is 12.1 Å². The van der Waals surface area contributed by atoms with E-state index in [1.54, 1.807) is 32.9 Å². The number of ether oxygens (including phenoxy) is 1. The summed E-state index contributed by atoms with van der Waals surface area (Å²) >= 11 is 3.20. The van der Waals surface area contributed by atoms with Crippen LogP contribution < -0.4 is 0 Å². The Kier molecular flexibility index (Phi) is 5.34. The highest BCUT2D eigenvalue weighted by Gasteiger charge is 2.28. The Balaban J connectivity index is 2.81. The zero-order valence-electron chi connectivity index (χ0n) is 11.5. The van der Waals surface area contributed by atoms with Crippen LogP contribution in [-0.2, 0) is 19.4 Å². The first kappa shape index (κ1) is 17.1. The molecule has 7 heteroatoms. The van der Waals surface area contributed by atoms with Gasteiger partial charge in [0.05, 0.1) is 10.6 Å². The molecule has 0 amide bonds. The molecule has 0 saturated heterocycles. The average Bonchev–Trinajstić information content (AvgIpc) is 2.26. The topological polar surface area (TPSA) is 80.7 Å². The first-order valence-electron chi connectivity index (χ1n) is 5.90. The van der Waals surface area contributed by atoms with Gasteiger partial charge >= 0.3 is 5.97 Å². The molecule has 1 aromatic carbocycles. The van der Waals surface area contributed by atoms with E-state index in [0.29, 0.717) is 0 Å². The summed E-state index contributed by atoms with van der Waals surface area (Å²) in [5, 5.41) is 9.67. The van der Waals surface area contributed by atoms with Crippen molar-refractivity contribution in [2.45, 2.75) is 37.4 Å². The Morgan fingerprint density at radius 2 is 1.80 bits per heavy atom. The van der Waals surface area contributed by atoms with Gasteiger partial charge < -0.3 is 9.84 Å². The quantitative estimate of drug-likeness (QED) is 0.825. The SMILES string of the molecule is CC(C)(C)OC(=O)[C@@H](O)CS(=O)(=O)c1ccc(Br)cc1. The number of carbonyl (C=O) groups excluding carboxylic acids is 1. The fourth-order valence-corrected chi connectivity index (χ4v) is 2.94. The van der Waals surface area contributed by atoms with Crippen LogP contribution in [0.3, 0.4) is 0 Å². The third-order valence-corrected chi connectivity index (χ3v) is 4.50. The van der Waals surface area contributed by atoms with Gasteiger partial charge in [-0.15, -0.1) is 0 Å². The lowest BCUT2D eigenvalue weighted by Crippen LogP contribution is -2.36. The normalized spacial score (nSPS) is 13.8. The lowest BCUT2D eigenvalue weighted by molar-refractivity contribution is -0.163. The molecule has 0 radical (unpaired) electrons. The zero-order valence-corrected chi connectivity index (χ0v) is 13.9. The van der Waals surface area contributed by atoms with Crippen molar-refractivity contribution >= 4 is 31.7 Å². The molecular weight excluding hydrogens is 348 g/mol. The highest BCUT2D eigenvalue weighted by atomic mass is 79.9. The maximum Gasteiger partial charge on any atom is 0.336 e. The van der Waals surface area contributed by atoms with Gasteiger partial charge in [0.1, 0.15) is 5.60 Å². The number of aliphatic hydroxyl groups excluding tert-OH is 1. The van der Waals surface area contributed by atoms with Crippen LogP contribution in [0.5, 0.6) is 0 Å². The van der Waals surface area contributed by atoms with Crippen molar-refractivity contribution in [3.8, 4) is 0 Å². The van der Waals surface area contributed by atoms with Crippen molar-refractivity contribution in [2.75, 3.05) is 5.75 Å². The molecule has 0 fully saturated rings. The zero-order chi connectivity index (χ0) is 15.6. The highest BCUT2D eigenvalue weighted by Crippen LogP contribution is 2.17. The van der Waals surface area contributed by atoms with Crippen molar-refractivity contribution in [3.05, 3.63) is 28.7 Å². The van der Waals surface area contributed by atoms with E-state index >= 15 is 0 Å². The van der Waals surface area contributed by atoms with Crippen LogP contribution in [0.15, 0.2) is 33.6 Å². The van der Waals surface area contributed by atoms with Gasteiger partial charge in [-0.2, -0.15) is 0 Å². The molecule has 20 heavy (non-hydrogen) atoms. The lowest BCUT2D eigenvalue weighted by atomic mass is 10.2. The monoisotopic (exact) mass is 364 g/mol. The summed E-state index contributed by atoms with van der Waals surface area (Å²) < 4.78 is 29.8. The largest absolute Gasteiger partial charge is 0.458 e. The number of sulfone groups is 1. The third-order valence-electron chi connectivity index (χ3n) is 2.23. The number of carbonyl (C=O) groups is 1. The van der Waals surface area contributed by atoms with Crippen LogP contribution in [0.25, 0.3) is 0 Å². The summed E-state index contributed by atoms with van der Waals surface area (Å²) in [6, 6.07) is 5.96. The predicted molar refractivity (Wildman–Crippen MR) is 78.0 cm³/mol. The molecule has 0 aromatic heterocycles. The first-order valence-corrected chi connectivity index (χ1v) is 8.35. The van der Waals surface area contributed by atoms with Gasteiger partial charge in [-0.1, -0.05) is 15.9 Å². The minimum absolute atomic E-state index is 0.0447. The molecule has 1 atom stereocenters. The van der Waals surface area contributed by atoms with Crippen LogP contribution >= 0.6 is 15.9 Å². The molecule has 112 valence electrons. The fourth-order valence-electron chi connectivity index (χ4n) is 1.38. The lowest BCUT2D eigenvalue weighted by Gasteiger charge is -2.21. The maximum absolute atomic E-state index is 12.0. The molecule has 1 aromatic rings. The Hall–Kier alpha value is -0.920. The molecular formula is C13H17BrO5S. The Labute approximate surface area is 127 Å². The average molecular weight is 365 g/mol. The van der Waals surface area contributed by atoms with Crippen molar-refractivity contribution < 1.29 is 23.1 Å². The molecule has 0 aliphatic rings. The maximum atomic E-state index is 12.0. The fraction of sp³-hybridized carbons (Fsp3) is 0.462. The Morgan fingerprint density at radius 1 is 1.30 bits per heavy atom. The number of rotatable bonds is 4. The van der Waals surface area contributed by atoms with Gasteiger partial charge in [-0.25, -0.2) is 13.2 Å². The van der Waals surface area contributed by atoms with Gasteiger partial charge in [0.15, 0.2) is 15.9 Å². The van der Waals surface area contributed by atoms with Crippen LogP contribution in [0.1, 0.15) is 20.8 Å². The molecule has 5 nitrogen and oxygen atoms in total. The summed E-state index contributed by atoms with van der Waals surface area (Å²) in [6.45, 7) is 4.92. The van der Waals surface area contributed by atoms with E-state index in [1.807, 2.05) is 0 Å². The summed E-state index contributed by atoms with van der Waals surface area (Å²) in [5.41, 5.74) is -0.778. The molecule has 1 rings (SSSR count). The number of hydrogen-bond donors (Lipinski definition) is 1. The Bertz CT molecular complexity index is 572. The number of benzene rings is 1. The molecule has 0 unspecified atom stereocenters. The summed E-state index contributed by atoms with van der Waals surface area (Å²) in [6.07, 6.45) is -1.71. The van der Waals surface area contributed by atoms with Gasteiger partial charge in [0, 0.05) is 4.47 Å². The minimum Gasteiger partial charge on any atom is -0.458 e. The van der Waals surface area contributed by atoms with Crippen LogP contribution in [-0.4, -0.2) is 37.0 Å². The second-order valence-corrected chi connectivity index (χ2v) is 8.23. The third kappa shape index (κ3) is 5.22. The molecule has 0 heterocycles. The molecule has 0 bridgehead atoms. The van der Waals surface area contributed by atoms with Crippen molar-refractivity contribution in [1.29, 1.82) is 0 Å². The first-order chi connectivity index (χ1) is 9.01. The molecule has 0 aliphatic carbocycles. The van der Waals surface area contributed by atoms with Crippen LogP contribution in [0.2, 0.25) is 0 Å². The number of esters is 1. The van der Waals surface area contributed by atoms with Gasteiger partial charge in [-0.3, -0.25) is 0 Å². The van der Waals surface area contributed by atoms with Crippen molar-refractivity contribution in [3.63, 3.8) is 0 Å². The van der Waals surface area contributed by atoms with Crippen LogP contribution in [0, 0.1) is 0 Å². The van der Waals surface area contributed by atoms with Crippen molar-refractivity contribution in [1.82, 2.24) is 0 Å². The van der Waals surface area contributed by atoms with E-state index in [2.05, 4.69) is 15.9 Å². The highest BCUT2D eigenvalue weighted by molar-refractivity contribution is 9.10. The molecule has 1 N–H and O–H groups in total. The molecule has 0 spiro atoms. The van der Waals surface area contributed by atoms with E-state index in [4.69, 9.17) is 4.74 Å². The van der Waals surface area contributed by atoms with E-state index < -0.39 is 33.3 Å². The van der Waals surface area contributed by atoms with Crippen molar-refractivity contribution in [2.24, 2.45) is 0 Å². The second kappa shape index (κ2) is 6.24. The summed E-state index contributed by atoms with van der Waals surface area (Å²) in [5.74, 6) is -1.65. The van der Waals surface area contributed by atoms with E-state index in [-0.39, 0.29) is 4.90 Å². The molecule has 0 aliphatic heterocycles. The smallest absolute Gasteiger partial charge is 0.336 e. The number of halogens is 1. The Morgan fingerprint density at radius 3 is 2.25 bits per heavy atom. The summed E-state index contributed by atoms with van der Waals surface area (Å²) in [4.78, 5) is 11.6. The second-order valence-electron chi connectivity index (χ2n) is 5.28. The van der Waals surface area contributed by atoms with Gasteiger partial charge in [0.2, 0.25) is 0 Å². The van der Waals surface area contributed by atoms with E-state index in [9.17, 15) is 18.3 Å². The standard InChI is InChI=1S/C13H17BrO5S/c1-13(2,3)19-12(16)11(15)8-20(17,18)10-6-4-9(14)5-7-10/h4-7,11,15H,8H2,1-3H3/t11-/m0/s1. The minimum atomic E-state index is -3.75. The number of aliphatic hydroxyl groups is 1. The van der Waals surface area contributed by atoms with Crippen LogP contribution in [0.4, 0.5) is 0 Å². The number of hydrogen-bond acceptors (Lipinski definition) is 5. The molecule has 0 saturated carbocycles. The predicted octanol–water partition coefficient (Wildman–Crippen LogP) is 1.93. The summed E-state index contributed by atoms with van der Waals surface area (Å²) in [7, 11) is -3.75. The van der Waals surface area contributed by atoms with Gasteiger partial charge in [0.25, 0.3) is 0 Å². The van der Waals surface area contributed by atoms with Gasteiger partial charge in [-0.05, 0) is 45.0 Å².